The van der Waals surface area contributed by atoms with Gasteiger partial charge in [-0.05, 0) is 6.07 Å². The van der Waals surface area contributed by atoms with E-state index in [4.69, 9.17) is 10.00 Å². The van der Waals surface area contributed by atoms with E-state index in [1.165, 1.54) is 6.20 Å². The molecule has 1 aliphatic rings. The fourth-order valence-electron chi connectivity index (χ4n) is 2.18. The monoisotopic (exact) mass is 252 g/mol. The van der Waals surface area contributed by atoms with Crippen LogP contribution in [0.4, 0.5) is 5.82 Å². The van der Waals surface area contributed by atoms with E-state index in [-0.39, 0.29) is 6.04 Å². The molecule has 5 nitrogen and oxygen atoms in total. The molecule has 0 fully saturated rings. The number of para-hydroxylation sites is 1. The SMILES string of the molecule is N#Cc1nccnc1NC1CCOc2ccccc21. The van der Waals surface area contributed by atoms with Crippen LogP contribution in [0, 0.1) is 11.3 Å². The molecule has 0 saturated carbocycles. The second-order valence-electron chi connectivity index (χ2n) is 4.24. The van der Waals surface area contributed by atoms with Crippen molar-refractivity contribution >= 4 is 5.82 Å². The summed E-state index contributed by atoms with van der Waals surface area (Å²) in [7, 11) is 0. The van der Waals surface area contributed by atoms with E-state index in [1.54, 1.807) is 6.20 Å². The Kier molecular flexibility index (Phi) is 2.99. The van der Waals surface area contributed by atoms with E-state index >= 15 is 0 Å². The van der Waals surface area contributed by atoms with Gasteiger partial charge in [0.1, 0.15) is 11.8 Å². The zero-order valence-electron chi connectivity index (χ0n) is 10.2. The largest absolute Gasteiger partial charge is 0.493 e. The molecule has 1 unspecified atom stereocenters. The molecule has 19 heavy (non-hydrogen) atoms. The number of fused-ring (bicyclic) bond motifs is 1. The number of nitrogens with zero attached hydrogens (tertiary/aromatic N) is 3. The zero-order valence-corrected chi connectivity index (χ0v) is 10.2. The first-order valence-corrected chi connectivity index (χ1v) is 6.08. The lowest BCUT2D eigenvalue weighted by Crippen LogP contribution is -2.21. The van der Waals surface area contributed by atoms with Gasteiger partial charge in [-0.2, -0.15) is 5.26 Å². The van der Waals surface area contributed by atoms with Crippen molar-refractivity contribution in [1.29, 1.82) is 5.26 Å². The van der Waals surface area contributed by atoms with Crippen LogP contribution in [0.1, 0.15) is 23.7 Å². The van der Waals surface area contributed by atoms with Crippen molar-refractivity contribution in [2.24, 2.45) is 0 Å². The van der Waals surface area contributed by atoms with Crippen molar-refractivity contribution in [3.05, 3.63) is 47.9 Å². The van der Waals surface area contributed by atoms with Gasteiger partial charge < -0.3 is 10.1 Å². The molecule has 5 heteroatoms. The summed E-state index contributed by atoms with van der Waals surface area (Å²) in [6.07, 6.45) is 3.93. The molecule has 2 heterocycles. The molecule has 0 radical (unpaired) electrons. The molecule has 1 aromatic heterocycles. The molecule has 0 spiro atoms. The number of hydrogen-bond donors (Lipinski definition) is 1. The maximum absolute atomic E-state index is 9.03. The van der Waals surface area contributed by atoms with Crippen molar-refractivity contribution in [2.45, 2.75) is 12.5 Å². The average Bonchev–Trinajstić information content (AvgIpc) is 2.48. The van der Waals surface area contributed by atoms with Gasteiger partial charge in [-0.3, -0.25) is 0 Å². The van der Waals surface area contributed by atoms with E-state index in [9.17, 15) is 0 Å². The highest BCUT2D eigenvalue weighted by atomic mass is 16.5. The molecular formula is C14H12N4O. The highest BCUT2D eigenvalue weighted by Crippen LogP contribution is 2.33. The van der Waals surface area contributed by atoms with E-state index in [1.807, 2.05) is 30.3 Å². The maximum Gasteiger partial charge on any atom is 0.182 e. The van der Waals surface area contributed by atoms with Gasteiger partial charge >= 0.3 is 0 Å². The Labute approximate surface area is 110 Å². The average molecular weight is 252 g/mol. The highest BCUT2D eigenvalue weighted by molar-refractivity contribution is 5.50. The standard InChI is InChI=1S/C14H12N4O/c15-9-12-14(17-7-6-16-12)18-11-5-8-19-13-4-2-1-3-10(11)13/h1-4,6-7,11H,5,8H2,(H,17,18). The van der Waals surface area contributed by atoms with Gasteiger partial charge in [0.25, 0.3) is 0 Å². The summed E-state index contributed by atoms with van der Waals surface area (Å²) in [5.41, 5.74) is 1.40. The lowest BCUT2D eigenvalue weighted by molar-refractivity contribution is 0.274. The first-order valence-electron chi connectivity index (χ1n) is 6.08. The van der Waals surface area contributed by atoms with Crippen LogP contribution in [0.15, 0.2) is 36.7 Å². The summed E-state index contributed by atoms with van der Waals surface area (Å²) in [5.74, 6) is 1.40. The highest BCUT2D eigenvalue weighted by Gasteiger charge is 2.22. The number of nitrogens with one attached hydrogen (secondary N) is 1. The molecule has 1 aliphatic heterocycles. The summed E-state index contributed by atoms with van der Waals surface area (Å²) in [6.45, 7) is 0.650. The molecular weight excluding hydrogens is 240 g/mol. The van der Waals surface area contributed by atoms with Crippen LogP contribution in [-0.2, 0) is 0 Å². The third-order valence-corrected chi connectivity index (χ3v) is 3.07. The van der Waals surface area contributed by atoms with Crippen LogP contribution in [0.5, 0.6) is 5.75 Å². The minimum Gasteiger partial charge on any atom is -0.493 e. The van der Waals surface area contributed by atoms with E-state index in [0.717, 1.165) is 17.7 Å². The molecule has 0 bridgehead atoms. The van der Waals surface area contributed by atoms with Crippen molar-refractivity contribution in [3.8, 4) is 11.8 Å². The van der Waals surface area contributed by atoms with Crippen LogP contribution in [0.2, 0.25) is 0 Å². The Morgan fingerprint density at radius 3 is 3.00 bits per heavy atom. The first-order chi connectivity index (χ1) is 9.38. The second kappa shape index (κ2) is 4.94. The molecule has 1 atom stereocenters. The van der Waals surface area contributed by atoms with Crippen LogP contribution in [0.25, 0.3) is 0 Å². The van der Waals surface area contributed by atoms with E-state index in [2.05, 4.69) is 15.3 Å². The van der Waals surface area contributed by atoms with Crippen molar-refractivity contribution in [1.82, 2.24) is 9.97 Å². The second-order valence-corrected chi connectivity index (χ2v) is 4.24. The fraction of sp³-hybridized carbons (Fsp3) is 0.214. The van der Waals surface area contributed by atoms with Crippen molar-refractivity contribution < 1.29 is 4.74 Å². The van der Waals surface area contributed by atoms with E-state index in [0.29, 0.717) is 18.1 Å². The van der Waals surface area contributed by atoms with Crippen LogP contribution < -0.4 is 10.1 Å². The number of benzene rings is 1. The number of anilines is 1. The van der Waals surface area contributed by atoms with Crippen molar-refractivity contribution in [3.63, 3.8) is 0 Å². The third kappa shape index (κ3) is 2.20. The summed E-state index contributed by atoms with van der Waals surface area (Å²) >= 11 is 0. The predicted octanol–water partition coefficient (Wildman–Crippen LogP) is 2.28. The van der Waals surface area contributed by atoms with Crippen LogP contribution in [0.3, 0.4) is 0 Å². The number of aromatic nitrogens is 2. The third-order valence-electron chi connectivity index (χ3n) is 3.07. The number of rotatable bonds is 2. The maximum atomic E-state index is 9.03. The number of ether oxygens (including phenoxy) is 1. The topological polar surface area (TPSA) is 70.8 Å². The molecule has 1 aromatic carbocycles. The Balaban J connectivity index is 1.91. The van der Waals surface area contributed by atoms with Gasteiger partial charge in [-0.25, -0.2) is 9.97 Å². The Morgan fingerprint density at radius 2 is 2.11 bits per heavy atom. The van der Waals surface area contributed by atoms with Gasteiger partial charge in [-0.1, -0.05) is 18.2 Å². The summed E-state index contributed by atoms with van der Waals surface area (Å²) in [5, 5.41) is 12.3. The Morgan fingerprint density at radius 1 is 1.26 bits per heavy atom. The fourth-order valence-corrected chi connectivity index (χ4v) is 2.18. The zero-order chi connectivity index (χ0) is 13.1. The summed E-state index contributed by atoms with van der Waals surface area (Å²) in [6, 6.07) is 10.0. The lowest BCUT2D eigenvalue weighted by atomic mass is 10.0. The molecule has 2 aromatic rings. The first kappa shape index (κ1) is 11.5. The molecule has 0 aliphatic carbocycles. The molecule has 0 amide bonds. The van der Waals surface area contributed by atoms with Crippen molar-refractivity contribution in [2.75, 3.05) is 11.9 Å². The van der Waals surface area contributed by atoms with Gasteiger partial charge in [-0.15, -0.1) is 0 Å². The Hall–Kier alpha value is -2.61. The lowest BCUT2D eigenvalue weighted by Gasteiger charge is -2.27. The smallest absolute Gasteiger partial charge is 0.182 e. The summed E-state index contributed by atoms with van der Waals surface area (Å²) in [4.78, 5) is 8.18. The number of hydrogen-bond acceptors (Lipinski definition) is 5. The number of nitriles is 1. The van der Waals surface area contributed by atoms with Crippen LogP contribution >= 0.6 is 0 Å². The molecule has 94 valence electrons. The molecule has 1 N–H and O–H groups in total. The Bertz CT molecular complexity index is 635. The van der Waals surface area contributed by atoms with Gasteiger partial charge in [0.15, 0.2) is 11.5 Å². The minimum absolute atomic E-state index is 0.0914. The predicted molar refractivity (Wildman–Crippen MR) is 69.7 cm³/mol. The summed E-state index contributed by atoms with van der Waals surface area (Å²) < 4.78 is 5.61. The molecule has 3 rings (SSSR count). The van der Waals surface area contributed by atoms with Gasteiger partial charge in [0, 0.05) is 24.4 Å². The quantitative estimate of drug-likeness (QED) is 0.887. The molecule has 0 saturated heterocycles. The van der Waals surface area contributed by atoms with E-state index < -0.39 is 0 Å². The van der Waals surface area contributed by atoms with Gasteiger partial charge in [0.05, 0.1) is 12.6 Å². The van der Waals surface area contributed by atoms with Gasteiger partial charge in [0.2, 0.25) is 0 Å². The van der Waals surface area contributed by atoms with Crippen LogP contribution in [-0.4, -0.2) is 16.6 Å². The normalized spacial score (nSPS) is 16.9. The minimum atomic E-state index is 0.0914.